The van der Waals surface area contributed by atoms with E-state index < -0.39 is 5.24 Å². The van der Waals surface area contributed by atoms with E-state index in [9.17, 15) is 19.8 Å². The van der Waals surface area contributed by atoms with Crippen molar-refractivity contribution in [3.8, 4) is 23.0 Å². The standard InChI is InChI=1S/C13H13NO3.C11H13NO2.C2H2Cl2O/c1-7-13(2,3)8-4-10-11(5-9(8)14-7)17-12(15)6-16-10;1-6-11(2,3)7-4-9(13)10(14)5-8(7)12-6;3-1-2(4)5/h4-5H,6H2,1-3H3;4-5,13-14H,1-3H3;1H2. The first-order chi connectivity index (χ1) is 16.7. The topological polar surface area (TPSA) is 118 Å². The van der Waals surface area contributed by atoms with E-state index in [2.05, 4.69) is 23.8 Å². The van der Waals surface area contributed by atoms with Crippen LogP contribution in [0.4, 0.5) is 11.4 Å². The van der Waals surface area contributed by atoms with Crippen molar-refractivity contribution in [3.63, 3.8) is 0 Å². The highest BCUT2D eigenvalue weighted by molar-refractivity contribution is 6.67. The highest BCUT2D eigenvalue weighted by Gasteiger charge is 2.35. The SMILES string of the molecule is CC1=Nc2cc(O)c(O)cc2C1(C)C.CC1=Nc2cc3c(cc2C1(C)C)OCC(=O)O3.O=C(Cl)CCl. The molecular formula is C26H28Cl2N2O6. The second-order valence-corrected chi connectivity index (χ2v) is 10.3. The zero-order valence-electron chi connectivity index (χ0n) is 20.9. The lowest BCUT2D eigenvalue weighted by molar-refractivity contribution is -0.138. The quantitative estimate of drug-likeness (QED) is 0.156. The molecule has 2 N–H and O–H groups in total. The van der Waals surface area contributed by atoms with E-state index in [4.69, 9.17) is 32.7 Å². The van der Waals surface area contributed by atoms with Crippen molar-refractivity contribution in [3.05, 3.63) is 35.4 Å². The van der Waals surface area contributed by atoms with Gasteiger partial charge in [-0.05, 0) is 48.7 Å². The van der Waals surface area contributed by atoms with Crippen molar-refractivity contribution in [2.45, 2.75) is 52.4 Å². The largest absolute Gasteiger partial charge is 0.504 e. The minimum Gasteiger partial charge on any atom is -0.504 e. The summed E-state index contributed by atoms with van der Waals surface area (Å²) in [5.41, 5.74) is 5.51. The molecular weight excluding hydrogens is 507 g/mol. The number of aliphatic imine (C=N–C) groups is 2. The lowest BCUT2D eigenvalue weighted by atomic mass is 9.82. The molecule has 2 aromatic carbocycles. The number of aromatic hydroxyl groups is 2. The Balaban J connectivity index is 0.000000172. The molecule has 0 spiro atoms. The number of fused-ring (bicyclic) bond motifs is 3. The van der Waals surface area contributed by atoms with Crippen LogP contribution < -0.4 is 9.47 Å². The molecule has 0 atom stereocenters. The van der Waals surface area contributed by atoms with Crippen LogP contribution in [0.5, 0.6) is 23.0 Å². The lowest BCUT2D eigenvalue weighted by Gasteiger charge is -2.22. The smallest absolute Gasteiger partial charge is 0.349 e. The minimum atomic E-state index is -0.508. The Morgan fingerprint density at radius 3 is 1.92 bits per heavy atom. The number of carbonyl (C=O) groups is 2. The summed E-state index contributed by atoms with van der Waals surface area (Å²) in [6.07, 6.45) is 0. The zero-order chi connectivity index (χ0) is 27.0. The van der Waals surface area contributed by atoms with E-state index in [0.29, 0.717) is 11.5 Å². The number of phenols is 2. The van der Waals surface area contributed by atoms with Crippen molar-refractivity contribution < 1.29 is 29.3 Å². The number of hydrogen-bond donors (Lipinski definition) is 2. The second kappa shape index (κ2) is 10.1. The van der Waals surface area contributed by atoms with E-state index in [1.54, 1.807) is 12.1 Å². The lowest BCUT2D eigenvalue weighted by Crippen LogP contribution is -2.25. The van der Waals surface area contributed by atoms with Crippen molar-refractivity contribution >= 4 is 57.2 Å². The number of hydrogen-bond acceptors (Lipinski definition) is 8. The van der Waals surface area contributed by atoms with Gasteiger partial charge in [0.25, 0.3) is 0 Å². The summed E-state index contributed by atoms with van der Waals surface area (Å²) in [5, 5.41) is 18.2. The van der Waals surface area contributed by atoms with Gasteiger partial charge in [0.15, 0.2) is 29.6 Å². The first-order valence-corrected chi connectivity index (χ1v) is 12.0. The fraction of sp³-hybridized carbons (Fsp3) is 0.385. The average molecular weight is 535 g/mol. The highest BCUT2D eigenvalue weighted by atomic mass is 35.5. The summed E-state index contributed by atoms with van der Waals surface area (Å²) < 4.78 is 10.5. The predicted molar refractivity (Wildman–Crippen MR) is 141 cm³/mol. The van der Waals surface area contributed by atoms with E-state index in [1.807, 2.05) is 33.8 Å². The number of benzene rings is 2. The molecule has 192 valence electrons. The molecule has 3 aliphatic rings. The molecule has 2 aromatic rings. The van der Waals surface area contributed by atoms with Crippen LogP contribution in [-0.2, 0) is 20.4 Å². The van der Waals surface area contributed by atoms with E-state index in [1.165, 1.54) is 6.07 Å². The molecule has 0 fully saturated rings. The van der Waals surface area contributed by atoms with E-state index in [0.717, 1.165) is 33.9 Å². The third-order valence-electron chi connectivity index (χ3n) is 6.56. The number of rotatable bonds is 1. The number of phenolic OH excluding ortho intramolecular Hbond substituents is 2. The summed E-state index contributed by atoms with van der Waals surface area (Å²) in [7, 11) is 0. The highest BCUT2D eigenvalue weighted by Crippen LogP contribution is 2.47. The molecule has 0 saturated carbocycles. The Hall–Kier alpha value is -3.10. The molecule has 10 heteroatoms. The van der Waals surface area contributed by atoms with Gasteiger partial charge in [0, 0.05) is 34.4 Å². The Labute approximate surface area is 219 Å². The van der Waals surface area contributed by atoms with Gasteiger partial charge in [0.1, 0.15) is 0 Å². The molecule has 3 heterocycles. The van der Waals surface area contributed by atoms with Gasteiger partial charge in [-0.3, -0.25) is 14.8 Å². The summed E-state index contributed by atoms with van der Waals surface area (Å²) in [6.45, 7) is 12.3. The van der Waals surface area contributed by atoms with Crippen LogP contribution in [0.1, 0.15) is 52.7 Å². The van der Waals surface area contributed by atoms with Gasteiger partial charge in [-0.1, -0.05) is 27.7 Å². The van der Waals surface area contributed by atoms with Crippen LogP contribution in [0.25, 0.3) is 0 Å². The third kappa shape index (κ3) is 5.34. The number of carbonyl (C=O) groups excluding carboxylic acids is 2. The van der Waals surface area contributed by atoms with Gasteiger partial charge in [-0.2, -0.15) is 0 Å². The molecule has 0 saturated heterocycles. The monoisotopic (exact) mass is 534 g/mol. The molecule has 5 rings (SSSR count). The molecule has 0 radical (unpaired) electrons. The molecule has 0 aromatic heterocycles. The predicted octanol–water partition coefficient (Wildman–Crippen LogP) is 5.84. The Morgan fingerprint density at radius 2 is 1.39 bits per heavy atom. The number of esters is 1. The molecule has 8 nitrogen and oxygen atoms in total. The first kappa shape index (κ1) is 27.5. The van der Waals surface area contributed by atoms with Gasteiger partial charge in [0.2, 0.25) is 5.24 Å². The Bertz CT molecular complexity index is 1300. The van der Waals surface area contributed by atoms with Crippen LogP contribution in [0, 0.1) is 0 Å². The van der Waals surface area contributed by atoms with E-state index >= 15 is 0 Å². The van der Waals surface area contributed by atoms with Crippen LogP contribution in [0.15, 0.2) is 34.3 Å². The molecule has 0 aliphatic carbocycles. The van der Waals surface area contributed by atoms with Crippen LogP contribution in [0.2, 0.25) is 0 Å². The van der Waals surface area contributed by atoms with Gasteiger partial charge in [-0.15, -0.1) is 11.6 Å². The normalized spacial score (nSPS) is 17.4. The zero-order valence-corrected chi connectivity index (χ0v) is 22.4. The maximum absolute atomic E-state index is 11.1. The van der Waals surface area contributed by atoms with Crippen LogP contribution in [-0.4, -0.2) is 45.3 Å². The summed E-state index contributed by atoms with van der Waals surface area (Å²) in [5.74, 6) is 0.437. The molecule has 0 bridgehead atoms. The van der Waals surface area contributed by atoms with E-state index in [-0.39, 0.29) is 40.8 Å². The summed E-state index contributed by atoms with van der Waals surface area (Å²) in [6, 6.07) is 6.80. The molecule has 0 unspecified atom stereocenters. The summed E-state index contributed by atoms with van der Waals surface area (Å²) >= 11 is 9.55. The van der Waals surface area contributed by atoms with Crippen LogP contribution >= 0.6 is 23.2 Å². The molecule has 0 amide bonds. The fourth-order valence-electron chi connectivity index (χ4n) is 3.81. The van der Waals surface area contributed by atoms with Crippen molar-refractivity contribution in [1.82, 2.24) is 0 Å². The molecule has 3 aliphatic heterocycles. The number of ether oxygens (including phenoxy) is 2. The Kier molecular flexibility index (Phi) is 7.72. The van der Waals surface area contributed by atoms with Gasteiger partial charge >= 0.3 is 5.97 Å². The molecule has 36 heavy (non-hydrogen) atoms. The van der Waals surface area contributed by atoms with Gasteiger partial charge in [-0.25, -0.2) is 4.79 Å². The third-order valence-corrected chi connectivity index (χ3v) is 7.07. The maximum Gasteiger partial charge on any atom is 0.349 e. The fourth-order valence-corrected chi connectivity index (χ4v) is 3.81. The van der Waals surface area contributed by atoms with Gasteiger partial charge in [0.05, 0.1) is 17.3 Å². The van der Waals surface area contributed by atoms with Crippen LogP contribution in [0.3, 0.4) is 0 Å². The number of alkyl halides is 1. The van der Waals surface area contributed by atoms with Crippen molar-refractivity contribution in [2.24, 2.45) is 9.98 Å². The number of halogens is 2. The van der Waals surface area contributed by atoms with Crippen molar-refractivity contribution in [2.75, 3.05) is 12.5 Å². The van der Waals surface area contributed by atoms with Crippen molar-refractivity contribution in [1.29, 1.82) is 0 Å². The summed E-state index contributed by atoms with van der Waals surface area (Å²) in [4.78, 5) is 29.4. The minimum absolute atomic E-state index is 0.0218. The first-order valence-electron chi connectivity index (χ1n) is 11.1. The second-order valence-electron chi connectivity index (χ2n) is 9.57. The number of nitrogens with zero attached hydrogens (tertiary/aromatic N) is 2. The average Bonchev–Trinajstić information content (AvgIpc) is 3.15. The van der Waals surface area contributed by atoms with Gasteiger partial charge < -0.3 is 19.7 Å². The Morgan fingerprint density at radius 1 is 0.917 bits per heavy atom. The maximum atomic E-state index is 11.1.